The molecule has 2 rings (SSSR count). The van der Waals surface area contributed by atoms with Gasteiger partial charge in [0.05, 0.1) is 0 Å². The van der Waals surface area contributed by atoms with Crippen molar-refractivity contribution in [2.75, 3.05) is 0 Å². The molecule has 0 aromatic heterocycles. The number of halogens is 5. The summed E-state index contributed by atoms with van der Waals surface area (Å²) < 4.78 is 70.1. The fourth-order valence-electron chi connectivity index (χ4n) is 1.35. The second kappa shape index (κ2) is 3.46. The molecule has 8 heteroatoms. The van der Waals surface area contributed by atoms with Crippen LogP contribution in [-0.4, -0.2) is 12.5 Å². The van der Waals surface area contributed by atoms with Crippen LogP contribution in [0.4, 0.5) is 22.0 Å². The first-order valence-electron chi connectivity index (χ1n) is 4.41. The van der Waals surface area contributed by atoms with Gasteiger partial charge in [-0.1, -0.05) is 6.07 Å². The zero-order chi connectivity index (χ0) is 12.8. The number of rotatable bonds is 1. The van der Waals surface area contributed by atoms with Crippen molar-refractivity contribution in [3.8, 4) is 11.5 Å². The maximum Gasteiger partial charge on any atom is 0.586 e. The molecule has 1 aromatic rings. The number of ether oxygens (including phenoxy) is 2. The molecule has 0 fully saturated rings. The standard InChI is InChI=1S/C9H6F5NO2/c10-8(11,12)7(15)4-1-2-5-6(3-4)17-9(13,14)16-5/h1-3,7H,15H2. The van der Waals surface area contributed by atoms with Crippen molar-refractivity contribution in [3.05, 3.63) is 23.8 Å². The van der Waals surface area contributed by atoms with Crippen molar-refractivity contribution in [2.24, 2.45) is 5.73 Å². The highest BCUT2D eigenvalue weighted by molar-refractivity contribution is 5.46. The van der Waals surface area contributed by atoms with Gasteiger partial charge in [0, 0.05) is 0 Å². The van der Waals surface area contributed by atoms with E-state index in [9.17, 15) is 22.0 Å². The molecule has 0 aliphatic carbocycles. The Labute approximate surface area is 91.9 Å². The second-order valence-electron chi connectivity index (χ2n) is 3.39. The molecule has 1 aliphatic rings. The highest BCUT2D eigenvalue weighted by atomic mass is 19.4. The predicted octanol–water partition coefficient (Wildman–Crippen LogP) is 2.57. The van der Waals surface area contributed by atoms with E-state index >= 15 is 0 Å². The molecule has 2 N–H and O–H groups in total. The van der Waals surface area contributed by atoms with Crippen molar-refractivity contribution in [1.82, 2.24) is 0 Å². The van der Waals surface area contributed by atoms with Crippen LogP contribution in [0.25, 0.3) is 0 Å². The number of hydrogen-bond donors (Lipinski definition) is 1. The fraction of sp³-hybridized carbons (Fsp3) is 0.333. The summed E-state index contributed by atoms with van der Waals surface area (Å²) in [7, 11) is 0. The van der Waals surface area contributed by atoms with Gasteiger partial charge in [-0.2, -0.15) is 13.2 Å². The third kappa shape index (κ3) is 2.26. The molecule has 1 aliphatic heterocycles. The molecule has 0 amide bonds. The smallest absolute Gasteiger partial charge is 0.395 e. The summed E-state index contributed by atoms with van der Waals surface area (Å²) in [6.07, 6.45) is -8.51. The summed E-state index contributed by atoms with van der Waals surface area (Å²) in [5, 5.41) is 0. The lowest BCUT2D eigenvalue weighted by Crippen LogP contribution is -2.28. The largest absolute Gasteiger partial charge is 0.586 e. The third-order valence-electron chi connectivity index (χ3n) is 2.14. The second-order valence-corrected chi connectivity index (χ2v) is 3.39. The average Bonchev–Trinajstić information content (AvgIpc) is 2.47. The Hall–Kier alpha value is -1.57. The summed E-state index contributed by atoms with van der Waals surface area (Å²) in [4.78, 5) is 0. The number of nitrogens with two attached hydrogens (primary N) is 1. The minimum Gasteiger partial charge on any atom is -0.395 e. The minimum absolute atomic E-state index is 0.326. The summed E-state index contributed by atoms with van der Waals surface area (Å²) in [5.41, 5.74) is 4.55. The van der Waals surface area contributed by atoms with Crippen LogP contribution in [0.1, 0.15) is 11.6 Å². The number of benzene rings is 1. The van der Waals surface area contributed by atoms with Crippen LogP contribution in [0.2, 0.25) is 0 Å². The highest BCUT2D eigenvalue weighted by Gasteiger charge is 2.44. The van der Waals surface area contributed by atoms with E-state index in [1.807, 2.05) is 0 Å². The Morgan fingerprint density at radius 3 is 2.29 bits per heavy atom. The molecule has 1 atom stereocenters. The Morgan fingerprint density at radius 2 is 1.71 bits per heavy atom. The van der Waals surface area contributed by atoms with Crippen LogP contribution in [0, 0.1) is 0 Å². The summed E-state index contributed by atoms with van der Waals surface area (Å²) in [6, 6.07) is 0.443. The van der Waals surface area contributed by atoms with Gasteiger partial charge >= 0.3 is 12.5 Å². The van der Waals surface area contributed by atoms with Crippen molar-refractivity contribution < 1.29 is 31.4 Å². The van der Waals surface area contributed by atoms with E-state index in [0.717, 1.165) is 18.2 Å². The molecule has 1 aromatic carbocycles. The summed E-state index contributed by atoms with van der Waals surface area (Å²) in [5.74, 6) is -0.791. The van der Waals surface area contributed by atoms with Gasteiger partial charge in [0.25, 0.3) is 0 Å². The van der Waals surface area contributed by atoms with Crippen LogP contribution in [0.15, 0.2) is 18.2 Å². The van der Waals surface area contributed by atoms with Gasteiger partial charge in [-0.15, -0.1) is 8.78 Å². The first kappa shape index (κ1) is 11.9. The summed E-state index contributed by atoms with van der Waals surface area (Å²) in [6.45, 7) is 0. The lowest BCUT2D eigenvalue weighted by molar-refractivity contribution is -0.286. The molecule has 0 bridgehead atoms. The van der Waals surface area contributed by atoms with Crippen molar-refractivity contribution in [1.29, 1.82) is 0 Å². The maximum absolute atomic E-state index is 12.6. The van der Waals surface area contributed by atoms with Crippen LogP contribution in [0.5, 0.6) is 11.5 Å². The van der Waals surface area contributed by atoms with Gasteiger partial charge in [0.2, 0.25) is 0 Å². The molecular formula is C9H6F5NO2. The van der Waals surface area contributed by atoms with E-state index in [0.29, 0.717) is 0 Å². The SMILES string of the molecule is NC(c1ccc2c(c1)OC(F)(F)O2)C(F)(F)F. The fourth-order valence-corrected chi connectivity index (χ4v) is 1.35. The Kier molecular flexibility index (Phi) is 2.42. The number of alkyl halides is 5. The van der Waals surface area contributed by atoms with Crippen LogP contribution >= 0.6 is 0 Å². The highest BCUT2D eigenvalue weighted by Crippen LogP contribution is 2.43. The van der Waals surface area contributed by atoms with E-state index in [1.165, 1.54) is 0 Å². The Balaban J connectivity index is 2.31. The Morgan fingerprint density at radius 1 is 1.12 bits per heavy atom. The van der Waals surface area contributed by atoms with E-state index in [1.54, 1.807) is 0 Å². The lowest BCUT2D eigenvalue weighted by atomic mass is 10.1. The van der Waals surface area contributed by atoms with Gasteiger partial charge in [-0.25, -0.2) is 0 Å². The average molecular weight is 255 g/mol. The van der Waals surface area contributed by atoms with Gasteiger partial charge < -0.3 is 15.2 Å². The minimum atomic E-state index is -4.66. The number of hydrogen-bond acceptors (Lipinski definition) is 3. The third-order valence-corrected chi connectivity index (χ3v) is 2.14. The van der Waals surface area contributed by atoms with E-state index in [2.05, 4.69) is 9.47 Å². The lowest BCUT2D eigenvalue weighted by Gasteiger charge is -2.15. The van der Waals surface area contributed by atoms with E-state index < -0.39 is 24.3 Å². The summed E-state index contributed by atoms with van der Waals surface area (Å²) >= 11 is 0. The molecule has 1 heterocycles. The predicted molar refractivity (Wildman–Crippen MR) is 45.6 cm³/mol. The molecule has 94 valence electrons. The molecule has 0 saturated carbocycles. The zero-order valence-corrected chi connectivity index (χ0v) is 8.09. The molecule has 17 heavy (non-hydrogen) atoms. The van der Waals surface area contributed by atoms with Crippen molar-refractivity contribution in [3.63, 3.8) is 0 Å². The van der Waals surface area contributed by atoms with Gasteiger partial charge in [0.1, 0.15) is 6.04 Å². The normalized spacial score (nSPS) is 19.2. The molecule has 1 unspecified atom stereocenters. The molecule has 0 saturated heterocycles. The topological polar surface area (TPSA) is 44.5 Å². The molecule has 0 spiro atoms. The molecule has 3 nitrogen and oxygen atoms in total. The van der Waals surface area contributed by atoms with Crippen molar-refractivity contribution >= 4 is 0 Å². The number of fused-ring (bicyclic) bond motifs is 1. The van der Waals surface area contributed by atoms with Gasteiger partial charge in [0.15, 0.2) is 11.5 Å². The van der Waals surface area contributed by atoms with Gasteiger partial charge in [-0.3, -0.25) is 0 Å². The quantitative estimate of drug-likeness (QED) is 0.784. The molecule has 0 radical (unpaired) electrons. The Bertz CT molecular complexity index is 446. The van der Waals surface area contributed by atoms with Crippen molar-refractivity contribution in [2.45, 2.75) is 18.5 Å². The first-order valence-corrected chi connectivity index (χ1v) is 4.41. The maximum atomic E-state index is 12.6. The molecular weight excluding hydrogens is 249 g/mol. The van der Waals surface area contributed by atoms with Gasteiger partial charge in [-0.05, 0) is 17.7 Å². The van der Waals surface area contributed by atoms with Crippen LogP contribution < -0.4 is 15.2 Å². The van der Waals surface area contributed by atoms with E-state index in [-0.39, 0.29) is 11.3 Å². The first-order chi connectivity index (χ1) is 7.69. The monoisotopic (exact) mass is 255 g/mol. The van der Waals surface area contributed by atoms with E-state index in [4.69, 9.17) is 5.73 Å². The van der Waals surface area contributed by atoms with Crippen LogP contribution in [-0.2, 0) is 0 Å². The zero-order valence-electron chi connectivity index (χ0n) is 8.09. The van der Waals surface area contributed by atoms with Crippen LogP contribution in [0.3, 0.4) is 0 Å².